The summed E-state index contributed by atoms with van der Waals surface area (Å²) in [6, 6.07) is 6.53. The molecule has 0 aromatic heterocycles. The van der Waals surface area contributed by atoms with Crippen molar-refractivity contribution < 1.29 is 9.18 Å². The SMILES string of the molecule is CNC1CCCN(C(C)C(=O)NCc2ccc(F)cc2)C1.Cl. The number of likely N-dealkylation sites (N-methyl/N-ethyl adjacent to an activating group) is 1. The number of likely N-dealkylation sites (tertiary alicyclic amines) is 1. The first kappa shape index (κ1) is 18.9. The summed E-state index contributed by atoms with van der Waals surface area (Å²) in [7, 11) is 1.97. The Kier molecular flexibility index (Phi) is 7.79. The number of rotatable bonds is 5. The molecule has 1 aliphatic heterocycles. The van der Waals surface area contributed by atoms with Crippen molar-refractivity contribution in [3.8, 4) is 0 Å². The monoisotopic (exact) mass is 329 g/mol. The van der Waals surface area contributed by atoms with Gasteiger partial charge in [0.15, 0.2) is 0 Å². The van der Waals surface area contributed by atoms with Gasteiger partial charge in [0.25, 0.3) is 0 Å². The summed E-state index contributed by atoms with van der Waals surface area (Å²) in [6.45, 7) is 4.25. The standard InChI is InChI=1S/C16H24FN3O.ClH/c1-12(20-9-3-4-15(11-20)18-2)16(21)19-10-13-5-7-14(17)8-6-13;/h5-8,12,15,18H,3-4,9-11H2,1-2H3,(H,19,21);1H. The highest BCUT2D eigenvalue weighted by Gasteiger charge is 2.26. The van der Waals surface area contributed by atoms with Crippen LogP contribution in [0.2, 0.25) is 0 Å². The molecule has 6 heteroatoms. The molecule has 1 aliphatic rings. The summed E-state index contributed by atoms with van der Waals surface area (Å²) in [5, 5.41) is 6.21. The molecule has 1 heterocycles. The summed E-state index contributed by atoms with van der Waals surface area (Å²) >= 11 is 0. The van der Waals surface area contributed by atoms with Gasteiger partial charge in [-0.15, -0.1) is 12.4 Å². The Morgan fingerprint density at radius 1 is 1.41 bits per heavy atom. The number of carbonyl (C=O) groups is 1. The second-order valence-corrected chi connectivity index (χ2v) is 5.64. The van der Waals surface area contributed by atoms with E-state index in [1.165, 1.54) is 12.1 Å². The van der Waals surface area contributed by atoms with E-state index in [1.807, 2.05) is 14.0 Å². The maximum absolute atomic E-state index is 12.8. The second-order valence-electron chi connectivity index (χ2n) is 5.64. The highest BCUT2D eigenvalue weighted by Crippen LogP contribution is 2.13. The molecule has 2 atom stereocenters. The van der Waals surface area contributed by atoms with Crippen LogP contribution in [-0.4, -0.2) is 43.0 Å². The van der Waals surface area contributed by atoms with E-state index in [0.29, 0.717) is 12.6 Å². The largest absolute Gasteiger partial charge is 0.351 e. The van der Waals surface area contributed by atoms with Crippen molar-refractivity contribution in [1.82, 2.24) is 15.5 Å². The van der Waals surface area contributed by atoms with E-state index in [2.05, 4.69) is 15.5 Å². The van der Waals surface area contributed by atoms with Gasteiger partial charge in [-0.1, -0.05) is 12.1 Å². The Hall–Kier alpha value is -1.17. The fourth-order valence-electron chi connectivity index (χ4n) is 2.70. The van der Waals surface area contributed by atoms with Gasteiger partial charge in [0, 0.05) is 19.1 Å². The van der Waals surface area contributed by atoms with E-state index in [-0.39, 0.29) is 30.2 Å². The molecule has 2 unspecified atom stereocenters. The minimum Gasteiger partial charge on any atom is -0.351 e. The molecular weight excluding hydrogens is 305 g/mol. The predicted octanol–water partition coefficient (Wildman–Crippen LogP) is 1.94. The molecule has 0 saturated carbocycles. The third kappa shape index (κ3) is 5.23. The van der Waals surface area contributed by atoms with Gasteiger partial charge >= 0.3 is 0 Å². The van der Waals surface area contributed by atoms with Crippen molar-refractivity contribution in [2.75, 3.05) is 20.1 Å². The van der Waals surface area contributed by atoms with Crippen molar-refractivity contribution in [2.45, 2.75) is 38.4 Å². The van der Waals surface area contributed by atoms with Crippen molar-refractivity contribution in [2.24, 2.45) is 0 Å². The molecule has 0 spiro atoms. The highest BCUT2D eigenvalue weighted by atomic mass is 35.5. The lowest BCUT2D eigenvalue weighted by molar-refractivity contribution is -0.126. The number of hydrogen-bond acceptors (Lipinski definition) is 3. The molecule has 124 valence electrons. The Balaban J connectivity index is 0.00000242. The molecular formula is C16H25ClFN3O. The topological polar surface area (TPSA) is 44.4 Å². The summed E-state index contributed by atoms with van der Waals surface area (Å²) in [5.74, 6) is -0.235. The predicted molar refractivity (Wildman–Crippen MR) is 88.6 cm³/mol. The maximum atomic E-state index is 12.8. The summed E-state index contributed by atoms with van der Waals surface area (Å²) in [6.07, 6.45) is 2.28. The molecule has 22 heavy (non-hydrogen) atoms. The van der Waals surface area contributed by atoms with Crippen LogP contribution in [-0.2, 0) is 11.3 Å². The van der Waals surface area contributed by atoms with E-state index in [0.717, 1.165) is 31.5 Å². The highest BCUT2D eigenvalue weighted by molar-refractivity contribution is 5.85. The zero-order valence-electron chi connectivity index (χ0n) is 13.1. The van der Waals surface area contributed by atoms with Crippen LogP contribution in [0.1, 0.15) is 25.3 Å². The molecule has 2 N–H and O–H groups in total. The number of carbonyl (C=O) groups excluding carboxylic acids is 1. The van der Waals surface area contributed by atoms with E-state index < -0.39 is 0 Å². The van der Waals surface area contributed by atoms with E-state index in [1.54, 1.807) is 12.1 Å². The first-order chi connectivity index (χ1) is 10.1. The molecule has 1 fully saturated rings. The van der Waals surface area contributed by atoms with E-state index in [4.69, 9.17) is 0 Å². The minimum atomic E-state index is -0.259. The molecule has 2 rings (SSSR count). The smallest absolute Gasteiger partial charge is 0.237 e. The molecule has 1 aromatic rings. The average molecular weight is 330 g/mol. The molecule has 1 aromatic carbocycles. The first-order valence-electron chi connectivity index (χ1n) is 7.53. The molecule has 0 bridgehead atoms. The third-order valence-corrected chi connectivity index (χ3v) is 4.17. The quantitative estimate of drug-likeness (QED) is 0.867. The Morgan fingerprint density at radius 2 is 2.09 bits per heavy atom. The minimum absolute atomic E-state index is 0. The van der Waals surface area contributed by atoms with Crippen molar-refractivity contribution in [3.63, 3.8) is 0 Å². The van der Waals surface area contributed by atoms with Gasteiger partial charge in [-0.05, 0) is 51.1 Å². The molecule has 0 aliphatic carbocycles. The van der Waals surface area contributed by atoms with Crippen LogP contribution in [0.25, 0.3) is 0 Å². The van der Waals surface area contributed by atoms with Crippen molar-refractivity contribution >= 4 is 18.3 Å². The second kappa shape index (κ2) is 9.08. The van der Waals surface area contributed by atoms with E-state index in [9.17, 15) is 9.18 Å². The number of nitrogens with zero attached hydrogens (tertiary/aromatic N) is 1. The van der Waals surface area contributed by atoms with Crippen LogP contribution in [0, 0.1) is 5.82 Å². The summed E-state index contributed by atoms with van der Waals surface area (Å²) < 4.78 is 12.8. The van der Waals surface area contributed by atoms with Crippen LogP contribution in [0.5, 0.6) is 0 Å². The number of amides is 1. The zero-order chi connectivity index (χ0) is 15.2. The van der Waals surface area contributed by atoms with Gasteiger partial charge in [-0.25, -0.2) is 4.39 Å². The first-order valence-corrected chi connectivity index (χ1v) is 7.53. The molecule has 1 saturated heterocycles. The van der Waals surface area contributed by atoms with Crippen LogP contribution in [0.4, 0.5) is 4.39 Å². The lowest BCUT2D eigenvalue weighted by atomic mass is 10.0. The molecule has 4 nitrogen and oxygen atoms in total. The van der Waals surface area contributed by atoms with Gasteiger partial charge in [-0.3, -0.25) is 9.69 Å². The number of benzene rings is 1. The molecule has 1 amide bonds. The lowest BCUT2D eigenvalue weighted by Crippen LogP contribution is -2.52. The van der Waals surface area contributed by atoms with Crippen LogP contribution in [0.15, 0.2) is 24.3 Å². The van der Waals surface area contributed by atoms with Crippen molar-refractivity contribution in [1.29, 1.82) is 0 Å². The van der Waals surface area contributed by atoms with Gasteiger partial charge in [0.2, 0.25) is 5.91 Å². The van der Waals surface area contributed by atoms with Gasteiger partial charge in [0.1, 0.15) is 5.82 Å². The van der Waals surface area contributed by atoms with Gasteiger partial charge < -0.3 is 10.6 Å². The van der Waals surface area contributed by atoms with Crippen LogP contribution < -0.4 is 10.6 Å². The van der Waals surface area contributed by atoms with Crippen LogP contribution in [0.3, 0.4) is 0 Å². The van der Waals surface area contributed by atoms with Gasteiger partial charge in [0.05, 0.1) is 6.04 Å². The number of nitrogens with one attached hydrogen (secondary N) is 2. The Labute approximate surface area is 137 Å². The lowest BCUT2D eigenvalue weighted by Gasteiger charge is -2.35. The average Bonchev–Trinajstić information content (AvgIpc) is 2.53. The number of halogens is 2. The van der Waals surface area contributed by atoms with E-state index >= 15 is 0 Å². The fraction of sp³-hybridized carbons (Fsp3) is 0.562. The zero-order valence-corrected chi connectivity index (χ0v) is 14.0. The van der Waals surface area contributed by atoms with Crippen LogP contribution >= 0.6 is 12.4 Å². The maximum Gasteiger partial charge on any atom is 0.237 e. The number of hydrogen-bond donors (Lipinski definition) is 2. The Morgan fingerprint density at radius 3 is 2.73 bits per heavy atom. The summed E-state index contributed by atoms with van der Waals surface area (Å²) in [5.41, 5.74) is 0.906. The summed E-state index contributed by atoms with van der Waals surface area (Å²) in [4.78, 5) is 14.4. The number of piperidine rings is 1. The third-order valence-electron chi connectivity index (χ3n) is 4.17. The fourth-order valence-corrected chi connectivity index (χ4v) is 2.70. The Bertz CT molecular complexity index is 469. The van der Waals surface area contributed by atoms with Gasteiger partial charge in [-0.2, -0.15) is 0 Å². The normalized spacial score (nSPS) is 20.0. The van der Waals surface area contributed by atoms with Crippen molar-refractivity contribution in [3.05, 3.63) is 35.6 Å². The molecule has 0 radical (unpaired) electrons.